The number of aromatic nitrogens is 1. The van der Waals surface area contributed by atoms with Crippen LogP contribution in [0.4, 0.5) is 10.6 Å². The van der Waals surface area contributed by atoms with E-state index in [0.29, 0.717) is 23.3 Å². The molecule has 108 valence electrons. The number of amides is 2. The van der Waals surface area contributed by atoms with Crippen LogP contribution < -0.4 is 5.32 Å². The molecule has 1 aromatic rings. The SMILES string of the molecule is Cc1ccc(Br)nc1NC(=O)[C@@H]1CC[C@@H](C)N1C(=O)O. The van der Waals surface area contributed by atoms with Gasteiger partial charge >= 0.3 is 6.09 Å². The number of carboxylic acid groups (broad SMARTS) is 1. The van der Waals surface area contributed by atoms with Gasteiger partial charge in [-0.1, -0.05) is 6.07 Å². The monoisotopic (exact) mass is 341 g/mol. The molecule has 6 nitrogen and oxygen atoms in total. The molecule has 2 heterocycles. The first-order valence-corrected chi connectivity index (χ1v) is 7.14. The van der Waals surface area contributed by atoms with Gasteiger partial charge in [-0.25, -0.2) is 9.78 Å². The molecular formula is C13H16BrN3O3. The van der Waals surface area contributed by atoms with Crippen molar-refractivity contribution in [2.45, 2.75) is 38.8 Å². The zero-order valence-electron chi connectivity index (χ0n) is 11.3. The Hall–Kier alpha value is -1.63. The van der Waals surface area contributed by atoms with Crippen molar-refractivity contribution in [3.8, 4) is 0 Å². The Morgan fingerprint density at radius 3 is 2.80 bits per heavy atom. The summed E-state index contributed by atoms with van der Waals surface area (Å²) < 4.78 is 0.619. The lowest BCUT2D eigenvalue weighted by Gasteiger charge is -2.24. The number of nitrogens with one attached hydrogen (secondary N) is 1. The molecule has 1 saturated heterocycles. The zero-order valence-corrected chi connectivity index (χ0v) is 12.8. The fourth-order valence-corrected chi connectivity index (χ4v) is 2.70. The van der Waals surface area contributed by atoms with Gasteiger partial charge < -0.3 is 10.4 Å². The van der Waals surface area contributed by atoms with Crippen molar-refractivity contribution in [1.82, 2.24) is 9.88 Å². The molecule has 0 saturated carbocycles. The summed E-state index contributed by atoms with van der Waals surface area (Å²) in [5.41, 5.74) is 0.828. The second-order valence-electron chi connectivity index (χ2n) is 4.92. The van der Waals surface area contributed by atoms with E-state index in [1.807, 2.05) is 19.9 Å². The Kier molecular flexibility index (Phi) is 4.27. The highest BCUT2D eigenvalue weighted by Gasteiger charge is 2.39. The summed E-state index contributed by atoms with van der Waals surface area (Å²) in [5.74, 6) is 0.125. The van der Waals surface area contributed by atoms with E-state index >= 15 is 0 Å². The number of hydrogen-bond donors (Lipinski definition) is 2. The van der Waals surface area contributed by atoms with Gasteiger partial charge in [-0.15, -0.1) is 0 Å². The number of nitrogens with zero attached hydrogens (tertiary/aromatic N) is 2. The summed E-state index contributed by atoms with van der Waals surface area (Å²) in [4.78, 5) is 28.9. The summed E-state index contributed by atoms with van der Waals surface area (Å²) in [5, 5.41) is 11.9. The zero-order chi connectivity index (χ0) is 14.9. The van der Waals surface area contributed by atoms with Crippen molar-refractivity contribution < 1.29 is 14.7 Å². The first-order valence-electron chi connectivity index (χ1n) is 6.35. The number of rotatable bonds is 2. The molecule has 0 radical (unpaired) electrons. The minimum Gasteiger partial charge on any atom is -0.465 e. The normalized spacial score (nSPS) is 21.9. The summed E-state index contributed by atoms with van der Waals surface area (Å²) in [7, 11) is 0. The summed E-state index contributed by atoms with van der Waals surface area (Å²) in [6.45, 7) is 3.64. The average Bonchev–Trinajstić information content (AvgIpc) is 2.76. The molecule has 0 unspecified atom stereocenters. The van der Waals surface area contributed by atoms with E-state index in [1.54, 1.807) is 6.07 Å². The second kappa shape index (κ2) is 5.78. The van der Waals surface area contributed by atoms with Crippen molar-refractivity contribution in [3.63, 3.8) is 0 Å². The summed E-state index contributed by atoms with van der Waals surface area (Å²) >= 11 is 3.25. The minimum atomic E-state index is -1.06. The lowest BCUT2D eigenvalue weighted by Crippen LogP contribution is -2.45. The molecule has 1 aromatic heterocycles. The topological polar surface area (TPSA) is 82.5 Å². The van der Waals surface area contributed by atoms with E-state index in [4.69, 9.17) is 0 Å². The van der Waals surface area contributed by atoms with Crippen molar-refractivity contribution in [1.29, 1.82) is 0 Å². The fourth-order valence-electron chi connectivity index (χ4n) is 2.40. The van der Waals surface area contributed by atoms with Crippen molar-refractivity contribution in [2.24, 2.45) is 0 Å². The Bertz CT molecular complexity index is 550. The van der Waals surface area contributed by atoms with E-state index < -0.39 is 12.1 Å². The predicted molar refractivity (Wildman–Crippen MR) is 77.7 cm³/mol. The van der Waals surface area contributed by atoms with Crippen LogP contribution in [0.1, 0.15) is 25.3 Å². The number of hydrogen-bond acceptors (Lipinski definition) is 3. The van der Waals surface area contributed by atoms with Crippen molar-refractivity contribution >= 4 is 33.7 Å². The molecule has 1 aliphatic rings. The van der Waals surface area contributed by atoms with E-state index in [-0.39, 0.29) is 11.9 Å². The van der Waals surface area contributed by atoms with Crippen LogP contribution in [0.5, 0.6) is 0 Å². The molecule has 7 heteroatoms. The van der Waals surface area contributed by atoms with E-state index in [1.165, 1.54) is 4.90 Å². The lowest BCUT2D eigenvalue weighted by molar-refractivity contribution is -0.120. The molecule has 0 spiro atoms. The van der Waals surface area contributed by atoms with E-state index in [2.05, 4.69) is 26.2 Å². The number of likely N-dealkylation sites (tertiary alicyclic amines) is 1. The van der Waals surface area contributed by atoms with Crippen molar-refractivity contribution in [2.75, 3.05) is 5.32 Å². The maximum atomic E-state index is 12.3. The summed E-state index contributed by atoms with van der Waals surface area (Å²) in [6, 6.07) is 2.83. The fraction of sp³-hybridized carbons (Fsp3) is 0.462. The third kappa shape index (κ3) is 2.92. The van der Waals surface area contributed by atoms with Gasteiger partial charge in [0.05, 0.1) is 0 Å². The molecule has 2 rings (SSSR count). The van der Waals surface area contributed by atoms with Crippen LogP contribution in [0.15, 0.2) is 16.7 Å². The van der Waals surface area contributed by atoms with E-state index in [9.17, 15) is 14.7 Å². The molecule has 0 aromatic carbocycles. The van der Waals surface area contributed by atoms with Gasteiger partial charge in [-0.05, 0) is 54.2 Å². The maximum Gasteiger partial charge on any atom is 0.408 e. The van der Waals surface area contributed by atoms with Crippen LogP contribution in [-0.2, 0) is 4.79 Å². The van der Waals surface area contributed by atoms with Gasteiger partial charge in [0, 0.05) is 6.04 Å². The van der Waals surface area contributed by atoms with Gasteiger partial charge in [-0.2, -0.15) is 0 Å². The molecule has 0 aliphatic carbocycles. The van der Waals surface area contributed by atoms with Crippen molar-refractivity contribution in [3.05, 3.63) is 22.3 Å². The van der Waals surface area contributed by atoms with Gasteiger partial charge in [0.1, 0.15) is 16.5 Å². The Morgan fingerprint density at radius 2 is 2.15 bits per heavy atom. The molecular weight excluding hydrogens is 326 g/mol. The van der Waals surface area contributed by atoms with Crippen LogP contribution in [0.25, 0.3) is 0 Å². The largest absolute Gasteiger partial charge is 0.465 e. The maximum absolute atomic E-state index is 12.3. The van der Waals surface area contributed by atoms with Gasteiger partial charge in [-0.3, -0.25) is 9.69 Å². The van der Waals surface area contributed by atoms with E-state index in [0.717, 1.165) is 5.56 Å². The number of carbonyl (C=O) groups is 2. The standard InChI is InChI=1S/C13H16BrN3O3/c1-7-3-6-10(14)15-11(7)16-12(18)9-5-4-8(2)17(9)13(19)20/h3,6,8-9H,4-5H2,1-2H3,(H,19,20)(H,15,16,18)/t8-,9+/m1/s1. The first kappa shape index (κ1) is 14.8. The number of pyridine rings is 1. The molecule has 20 heavy (non-hydrogen) atoms. The first-order chi connectivity index (χ1) is 9.40. The smallest absolute Gasteiger partial charge is 0.408 e. The van der Waals surface area contributed by atoms with Gasteiger partial charge in [0.15, 0.2) is 0 Å². The third-order valence-electron chi connectivity index (χ3n) is 3.50. The molecule has 2 atom stereocenters. The number of halogens is 1. The quantitative estimate of drug-likeness (QED) is 0.810. The molecule has 1 fully saturated rings. The van der Waals surface area contributed by atoms with Crippen LogP contribution in [-0.4, -0.2) is 39.1 Å². The molecule has 0 bridgehead atoms. The number of carbonyl (C=O) groups excluding carboxylic acids is 1. The summed E-state index contributed by atoms with van der Waals surface area (Å²) in [6.07, 6.45) is 0.163. The minimum absolute atomic E-state index is 0.139. The average molecular weight is 342 g/mol. The highest BCUT2D eigenvalue weighted by molar-refractivity contribution is 9.10. The third-order valence-corrected chi connectivity index (χ3v) is 3.94. The van der Waals surface area contributed by atoms with Crippen LogP contribution >= 0.6 is 15.9 Å². The number of aryl methyl sites for hydroxylation is 1. The van der Waals surface area contributed by atoms with Crippen LogP contribution in [0, 0.1) is 6.92 Å². The van der Waals surface area contributed by atoms with Gasteiger partial charge in [0.25, 0.3) is 0 Å². The molecule has 1 aliphatic heterocycles. The highest BCUT2D eigenvalue weighted by atomic mass is 79.9. The lowest BCUT2D eigenvalue weighted by atomic mass is 10.2. The Balaban J connectivity index is 2.16. The highest BCUT2D eigenvalue weighted by Crippen LogP contribution is 2.25. The molecule has 2 N–H and O–H groups in total. The van der Waals surface area contributed by atoms with Crippen LogP contribution in [0.2, 0.25) is 0 Å². The van der Waals surface area contributed by atoms with Crippen LogP contribution in [0.3, 0.4) is 0 Å². The van der Waals surface area contributed by atoms with Gasteiger partial charge in [0.2, 0.25) is 5.91 Å². The Morgan fingerprint density at radius 1 is 1.45 bits per heavy atom. The number of anilines is 1. The second-order valence-corrected chi connectivity index (χ2v) is 5.73. The Labute approximate surface area is 125 Å². The predicted octanol–water partition coefficient (Wildman–Crippen LogP) is 2.62. The molecule has 2 amide bonds.